The molecule has 0 fully saturated rings. The van der Waals surface area contributed by atoms with E-state index in [-0.39, 0.29) is 6.29 Å². The van der Waals surface area contributed by atoms with Gasteiger partial charge < -0.3 is 9.47 Å². The third kappa shape index (κ3) is 3.40. The first-order chi connectivity index (χ1) is 7.17. The fourth-order valence-electron chi connectivity index (χ4n) is 1.27. The molecule has 0 aromatic heterocycles. The molecule has 0 N–H and O–H groups in total. The van der Waals surface area contributed by atoms with Crippen molar-refractivity contribution in [1.29, 1.82) is 0 Å². The highest BCUT2D eigenvalue weighted by atomic mass is 16.7. The zero-order valence-electron chi connectivity index (χ0n) is 9.57. The molecule has 0 aliphatic rings. The molecular weight excluding hydrogens is 188 g/mol. The average molecular weight is 206 g/mol. The minimum atomic E-state index is -0.195. The second-order valence-electron chi connectivity index (χ2n) is 3.74. The maximum Gasteiger partial charge on any atom is 0.201 e. The van der Waals surface area contributed by atoms with Crippen LogP contribution in [0.4, 0.5) is 0 Å². The van der Waals surface area contributed by atoms with Crippen molar-refractivity contribution in [1.82, 2.24) is 0 Å². The Morgan fingerprint density at radius 3 is 2.20 bits per heavy atom. The summed E-state index contributed by atoms with van der Waals surface area (Å²) in [4.78, 5) is 0. The maximum atomic E-state index is 5.67. The molecule has 0 saturated heterocycles. The maximum absolute atomic E-state index is 5.67. The van der Waals surface area contributed by atoms with E-state index in [2.05, 4.69) is 20.4 Å². The van der Waals surface area contributed by atoms with E-state index in [1.807, 2.05) is 24.3 Å². The van der Waals surface area contributed by atoms with E-state index in [4.69, 9.17) is 9.47 Å². The lowest BCUT2D eigenvalue weighted by atomic mass is 10.2. The molecule has 2 heteroatoms. The number of rotatable bonds is 5. The van der Waals surface area contributed by atoms with E-state index in [0.29, 0.717) is 5.92 Å². The van der Waals surface area contributed by atoms with Crippen molar-refractivity contribution in [3.8, 4) is 5.75 Å². The molecule has 0 amide bonds. The summed E-state index contributed by atoms with van der Waals surface area (Å²) in [5.41, 5.74) is 1.08. The van der Waals surface area contributed by atoms with Gasteiger partial charge in [0.05, 0.1) is 0 Å². The molecule has 0 saturated carbocycles. The average Bonchev–Trinajstić information content (AvgIpc) is 2.26. The second-order valence-corrected chi connectivity index (χ2v) is 3.74. The van der Waals surface area contributed by atoms with Crippen LogP contribution in [0.15, 0.2) is 30.8 Å². The van der Waals surface area contributed by atoms with Crippen molar-refractivity contribution < 1.29 is 9.47 Å². The van der Waals surface area contributed by atoms with Gasteiger partial charge in [0, 0.05) is 13.0 Å². The fourth-order valence-corrected chi connectivity index (χ4v) is 1.27. The Bertz CT molecular complexity index is 301. The van der Waals surface area contributed by atoms with E-state index >= 15 is 0 Å². The van der Waals surface area contributed by atoms with Crippen LogP contribution in [0.3, 0.4) is 0 Å². The molecule has 0 aliphatic carbocycles. The highest BCUT2D eigenvalue weighted by Crippen LogP contribution is 2.17. The monoisotopic (exact) mass is 206 g/mol. The van der Waals surface area contributed by atoms with E-state index < -0.39 is 0 Å². The second kappa shape index (κ2) is 5.56. The van der Waals surface area contributed by atoms with Crippen molar-refractivity contribution in [3.05, 3.63) is 36.4 Å². The first kappa shape index (κ1) is 11.8. The van der Waals surface area contributed by atoms with Gasteiger partial charge in [-0.2, -0.15) is 0 Å². The summed E-state index contributed by atoms with van der Waals surface area (Å²) in [5, 5.41) is 0. The van der Waals surface area contributed by atoms with E-state index in [0.717, 1.165) is 11.3 Å². The van der Waals surface area contributed by atoms with E-state index in [1.54, 1.807) is 13.2 Å². The Labute approximate surface area is 91.5 Å². The van der Waals surface area contributed by atoms with Crippen molar-refractivity contribution in [2.45, 2.75) is 20.1 Å². The topological polar surface area (TPSA) is 18.5 Å². The Kier molecular flexibility index (Phi) is 4.37. The van der Waals surface area contributed by atoms with Gasteiger partial charge in [0.15, 0.2) is 0 Å². The molecule has 15 heavy (non-hydrogen) atoms. The Morgan fingerprint density at radius 2 is 1.80 bits per heavy atom. The molecule has 1 aromatic carbocycles. The van der Waals surface area contributed by atoms with Crippen LogP contribution >= 0.6 is 0 Å². The van der Waals surface area contributed by atoms with Gasteiger partial charge in [0.25, 0.3) is 0 Å². The molecule has 1 atom stereocenters. The predicted molar refractivity (Wildman–Crippen MR) is 62.8 cm³/mol. The van der Waals surface area contributed by atoms with Gasteiger partial charge in [0.1, 0.15) is 5.75 Å². The molecule has 0 spiro atoms. The summed E-state index contributed by atoms with van der Waals surface area (Å²) in [6, 6.07) is 7.78. The van der Waals surface area contributed by atoms with Gasteiger partial charge in [-0.3, -0.25) is 0 Å². The minimum absolute atomic E-state index is 0.195. The van der Waals surface area contributed by atoms with Crippen LogP contribution in [0, 0.1) is 5.92 Å². The fraction of sp³-hybridized carbons (Fsp3) is 0.385. The summed E-state index contributed by atoms with van der Waals surface area (Å²) in [5.74, 6) is 1.15. The summed E-state index contributed by atoms with van der Waals surface area (Å²) in [7, 11) is 1.66. The molecule has 0 bridgehead atoms. The zero-order chi connectivity index (χ0) is 11.3. The smallest absolute Gasteiger partial charge is 0.201 e. The molecule has 0 aliphatic heterocycles. The van der Waals surface area contributed by atoms with Crippen LogP contribution in [0.5, 0.6) is 5.75 Å². The van der Waals surface area contributed by atoms with E-state index in [1.165, 1.54) is 0 Å². The van der Waals surface area contributed by atoms with Gasteiger partial charge in [-0.1, -0.05) is 38.6 Å². The SMILES string of the molecule is C=Cc1ccc(OC(OC)C(C)C)cc1. The normalized spacial score (nSPS) is 12.5. The first-order valence-corrected chi connectivity index (χ1v) is 5.09. The van der Waals surface area contributed by atoms with Gasteiger partial charge >= 0.3 is 0 Å². The zero-order valence-corrected chi connectivity index (χ0v) is 9.57. The van der Waals surface area contributed by atoms with Crippen LogP contribution in [0.2, 0.25) is 0 Å². The van der Waals surface area contributed by atoms with Crippen LogP contribution < -0.4 is 4.74 Å². The lowest BCUT2D eigenvalue weighted by Crippen LogP contribution is -2.24. The first-order valence-electron chi connectivity index (χ1n) is 5.09. The largest absolute Gasteiger partial charge is 0.465 e. The highest BCUT2D eigenvalue weighted by molar-refractivity contribution is 5.48. The summed E-state index contributed by atoms with van der Waals surface area (Å²) < 4.78 is 10.9. The quantitative estimate of drug-likeness (QED) is 0.688. The van der Waals surface area contributed by atoms with Crippen molar-refractivity contribution in [2.24, 2.45) is 5.92 Å². The Hall–Kier alpha value is -1.28. The lowest BCUT2D eigenvalue weighted by Gasteiger charge is -2.20. The molecule has 1 aromatic rings. The van der Waals surface area contributed by atoms with E-state index in [9.17, 15) is 0 Å². The van der Waals surface area contributed by atoms with Crippen molar-refractivity contribution in [2.75, 3.05) is 7.11 Å². The standard InChI is InChI=1S/C13H18O2/c1-5-11-6-8-12(9-7-11)15-13(14-4)10(2)3/h5-10,13H,1H2,2-4H3. The van der Waals surface area contributed by atoms with Crippen molar-refractivity contribution >= 4 is 6.08 Å². The molecule has 82 valence electrons. The van der Waals surface area contributed by atoms with Gasteiger partial charge in [0.2, 0.25) is 6.29 Å². The molecular formula is C13H18O2. The third-order valence-electron chi connectivity index (χ3n) is 2.14. The summed E-state index contributed by atoms with van der Waals surface area (Å²) in [6.45, 7) is 7.82. The molecule has 1 rings (SSSR count). The third-order valence-corrected chi connectivity index (χ3v) is 2.14. The molecule has 1 unspecified atom stereocenters. The van der Waals surface area contributed by atoms with Gasteiger partial charge in [-0.25, -0.2) is 0 Å². The Morgan fingerprint density at radius 1 is 1.20 bits per heavy atom. The lowest BCUT2D eigenvalue weighted by molar-refractivity contribution is -0.0833. The van der Waals surface area contributed by atoms with Crippen LogP contribution in [0.1, 0.15) is 19.4 Å². The highest BCUT2D eigenvalue weighted by Gasteiger charge is 2.13. The summed E-state index contributed by atoms with van der Waals surface area (Å²) in [6.07, 6.45) is 1.61. The molecule has 2 nitrogen and oxygen atoms in total. The Balaban J connectivity index is 2.67. The number of benzene rings is 1. The van der Waals surface area contributed by atoms with Crippen LogP contribution in [-0.2, 0) is 4.74 Å². The number of ether oxygens (including phenoxy) is 2. The number of hydrogen-bond donors (Lipinski definition) is 0. The summed E-state index contributed by atoms with van der Waals surface area (Å²) >= 11 is 0. The number of hydrogen-bond acceptors (Lipinski definition) is 2. The predicted octanol–water partition coefficient (Wildman–Crippen LogP) is 3.34. The molecule has 0 heterocycles. The minimum Gasteiger partial charge on any atom is -0.465 e. The van der Waals surface area contributed by atoms with Crippen molar-refractivity contribution in [3.63, 3.8) is 0 Å². The number of methoxy groups -OCH3 is 1. The van der Waals surface area contributed by atoms with Gasteiger partial charge in [-0.05, 0) is 17.7 Å². The van der Waals surface area contributed by atoms with Crippen LogP contribution in [0.25, 0.3) is 6.08 Å². The molecule has 0 radical (unpaired) electrons. The van der Waals surface area contributed by atoms with Crippen LogP contribution in [-0.4, -0.2) is 13.4 Å². The van der Waals surface area contributed by atoms with Gasteiger partial charge in [-0.15, -0.1) is 0 Å².